The Bertz CT molecular complexity index is 505. The van der Waals surface area contributed by atoms with E-state index < -0.39 is 9.84 Å². The molecule has 4 nitrogen and oxygen atoms in total. The van der Waals surface area contributed by atoms with Gasteiger partial charge in [0.15, 0.2) is 9.84 Å². The number of sulfone groups is 1. The normalized spacial score (nSPS) is 24.8. The van der Waals surface area contributed by atoms with Crippen molar-refractivity contribution in [2.75, 3.05) is 6.26 Å². The van der Waals surface area contributed by atoms with E-state index >= 15 is 0 Å². The molecule has 2 N–H and O–H groups in total. The minimum Gasteiger partial charge on any atom is -0.489 e. The van der Waals surface area contributed by atoms with Crippen molar-refractivity contribution in [1.82, 2.24) is 0 Å². The zero-order valence-corrected chi connectivity index (χ0v) is 11.3. The molecule has 1 aliphatic rings. The third-order valence-corrected chi connectivity index (χ3v) is 4.40. The van der Waals surface area contributed by atoms with Crippen molar-refractivity contribution in [2.45, 2.75) is 42.7 Å². The van der Waals surface area contributed by atoms with Crippen LogP contribution in [0, 0.1) is 0 Å². The van der Waals surface area contributed by atoms with Gasteiger partial charge in [0, 0.05) is 12.3 Å². The molecule has 1 aromatic carbocycles. The van der Waals surface area contributed by atoms with Gasteiger partial charge in [0.1, 0.15) is 10.6 Å². The van der Waals surface area contributed by atoms with Crippen molar-refractivity contribution >= 4 is 9.84 Å². The number of ether oxygens (including phenoxy) is 1. The third-order valence-electron chi connectivity index (χ3n) is 3.26. The van der Waals surface area contributed by atoms with Crippen LogP contribution < -0.4 is 10.5 Å². The number of hydrogen-bond donors (Lipinski definition) is 1. The Balaban J connectivity index is 2.15. The second-order valence-electron chi connectivity index (χ2n) is 4.87. The highest BCUT2D eigenvalue weighted by atomic mass is 32.2. The molecule has 1 aromatic rings. The molecule has 100 valence electrons. The second kappa shape index (κ2) is 5.28. The molecule has 1 aliphatic carbocycles. The minimum atomic E-state index is -3.24. The van der Waals surface area contributed by atoms with E-state index in [-0.39, 0.29) is 17.0 Å². The molecular weight excluding hydrogens is 250 g/mol. The van der Waals surface area contributed by atoms with Crippen LogP contribution in [0.2, 0.25) is 0 Å². The highest BCUT2D eigenvalue weighted by Crippen LogP contribution is 2.28. The quantitative estimate of drug-likeness (QED) is 0.907. The molecule has 1 saturated carbocycles. The van der Waals surface area contributed by atoms with Gasteiger partial charge in [0.05, 0.1) is 6.10 Å². The largest absolute Gasteiger partial charge is 0.489 e. The zero-order valence-electron chi connectivity index (χ0n) is 10.5. The van der Waals surface area contributed by atoms with Gasteiger partial charge in [-0.25, -0.2) is 8.42 Å². The Morgan fingerprint density at radius 3 is 2.39 bits per heavy atom. The van der Waals surface area contributed by atoms with Crippen LogP contribution in [-0.2, 0) is 9.84 Å². The lowest BCUT2D eigenvalue weighted by Crippen LogP contribution is -2.31. The summed E-state index contributed by atoms with van der Waals surface area (Å²) in [4.78, 5) is 0.264. The molecule has 0 aliphatic heterocycles. The average Bonchev–Trinajstić information content (AvgIpc) is 2.31. The van der Waals surface area contributed by atoms with Gasteiger partial charge in [-0.15, -0.1) is 0 Å². The maximum atomic E-state index is 11.6. The van der Waals surface area contributed by atoms with E-state index in [1.165, 1.54) is 6.26 Å². The Hall–Kier alpha value is -1.07. The fourth-order valence-corrected chi connectivity index (χ4v) is 3.05. The van der Waals surface area contributed by atoms with Gasteiger partial charge >= 0.3 is 0 Å². The molecule has 0 bridgehead atoms. The average molecular weight is 269 g/mol. The van der Waals surface area contributed by atoms with E-state index in [2.05, 4.69) is 0 Å². The molecule has 2 rings (SSSR count). The number of rotatable bonds is 3. The van der Waals surface area contributed by atoms with Gasteiger partial charge in [-0.2, -0.15) is 0 Å². The van der Waals surface area contributed by atoms with E-state index in [0.717, 1.165) is 25.7 Å². The summed E-state index contributed by atoms with van der Waals surface area (Å²) in [6, 6.07) is 7.05. The van der Waals surface area contributed by atoms with Gasteiger partial charge in [0.2, 0.25) is 0 Å². The number of hydrogen-bond acceptors (Lipinski definition) is 4. The number of para-hydroxylation sites is 1. The van der Waals surface area contributed by atoms with Crippen LogP contribution in [0.25, 0.3) is 0 Å². The molecule has 0 unspecified atom stereocenters. The highest BCUT2D eigenvalue weighted by Gasteiger charge is 2.22. The molecule has 18 heavy (non-hydrogen) atoms. The number of nitrogens with two attached hydrogens (primary N) is 1. The topological polar surface area (TPSA) is 69.4 Å². The molecule has 0 amide bonds. The Morgan fingerprint density at radius 1 is 1.17 bits per heavy atom. The molecule has 0 saturated heterocycles. The Morgan fingerprint density at radius 2 is 1.78 bits per heavy atom. The monoisotopic (exact) mass is 269 g/mol. The van der Waals surface area contributed by atoms with E-state index in [1.54, 1.807) is 24.3 Å². The Kier molecular flexibility index (Phi) is 3.92. The van der Waals surface area contributed by atoms with Crippen LogP contribution in [-0.4, -0.2) is 26.8 Å². The summed E-state index contributed by atoms with van der Waals surface area (Å²) in [5, 5.41) is 0. The second-order valence-corrected chi connectivity index (χ2v) is 6.86. The first-order valence-corrected chi connectivity index (χ1v) is 8.07. The predicted molar refractivity (Wildman–Crippen MR) is 70.4 cm³/mol. The molecule has 0 radical (unpaired) electrons. The van der Waals surface area contributed by atoms with Crippen LogP contribution in [0.1, 0.15) is 25.7 Å². The SMILES string of the molecule is CS(=O)(=O)c1ccccc1OC1CCC(N)CC1. The molecule has 1 fully saturated rings. The summed E-state index contributed by atoms with van der Waals surface area (Å²) in [7, 11) is -3.24. The summed E-state index contributed by atoms with van der Waals surface area (Å²) in [5.41, 5.74) is 5.84. The van der Waals surface area contributed by atoms with Gasteiger partial charge in [-0.05, 0) is 37.8 Å². The first-order valence-electron chi connectivity index (χ1n) is 6.18. The van der Waals surface area contributed by atoms with Crippen molar-refractivity contribution in [2.24, 2.45) is 5.73 Å². The van der Waals surface area contributed by atoms with Gasteiger partial charge < -0.3 is 10.5 Å². The van der Waals surface area contributed by atoms with Crippen molar-refractivity contribution in [3.05, 3.63) is 24.3 Å². The van der Waals surface area contributed by atoms with Crippen LogP contribution in [0.3, 0.4) is 0 Å². The zero-order chi connectivity index (χ0) is 13.2. The lowest BCUT2D eigenvalue weighted by molar-refractivity contribution is 0.143. The summed E-state index contributed by atoms with van der Waals surface area (Å²) < 4.78 is 29.1. The van der Waals surface area contributed by atoms with E-state index in [4.69, 9.17) is 10.5 Å². The molecule has 0 spiro atoms. The van der Waals surface area contributed by atoms with Crippen LogP contribution in [0.4, 0.5) is 0 Å². The lowest BCUT2D eigenvalue weighted by Gasteiger charge is -2.27. The summed E-state index contributed by atoms with van der Waals surface area (Å²) in [5.74, 6) is 0.459. The summed E-state index contributed by atoms with van der Waals surface area (Å²) >= 11 is 0. The fraction of sp³-hybridized carbons (Fsp3) is 0.538. The summed E-state index contributed by atoms with van der Waals surface area (Å²) in [6.07, 6.45) is 4.93. The molecule has 0 aromatic heterocycles. The van der Waals surface area contributed by atoms with E-state index in [1.807, 2.05) is 0 Å². The van der Waals surface area contributed by atoms with Crippen molar-refractivity contribution in [1.29, 1.82) is 0 Å². The van der Waals surface area contributed by atoms with Crippen LogP contribution in [0.5, 0.6) is 5.75 Å². The maximum Gasteiger partial charge on any atom is 0.179 e. The van der Waals surface area contributed by atoms with Crippen LogP contribution >= 0.6 is 0 Å². The Labute approximate surface area is 108 Å². The molecular formula is C13H19NO3S. The van der Waals surface area contributed by atoms with Crippen molar-refractivity contribution in [3.63, 3.8) is 0 Å². The number of benzene rings is 1. The molecule has 0 heterocycles. The minimum absolute atomic E-state index is 0.0766. The van der Waals surface area contributed by atoms with Crippen LogP contribution in [0.15, 0.2) is 29.2 Å². The standard InChI is InChI=1S/C13H19NO3S/c1-18(15,16)13-5-3-2-4-12(13)17-11-8-6-10(14)7-9-11/h2-5,10-11H,6-9,14H2,1H3. The van der Waals surface area contributed by atoms with Gasteiger partial charge in [-0.3, -0.25) is 0 Å². The smallest absolute Gasteiger partial charge is 0.179 e. The summed E-state index contributed by atoms with van der Waals surface area (Å²) in [6.45, 7) is 0. The van der Waals surface area contributed by atoms with E-state index in [0.29, 0.717) is 5.75 Å². The molecule has 5 heteroatoms. The van der Waals surface area contributed by atoms with Gasteiger partial charge in [-0.1, -0.05) is 12.1 Å². The fourth-order valence-electron chi connectivity index (χ4n) is 2.24. The highest BCUT2D eigenvalue weighted by molar-refractivity contribution is 7.90. The third kappa shape index (κ3) is 3.23. The first-order chi connectivity index (χ1) is 8.47. The molecule has 0 atom stereocenters. The lowest BCUT2D eigenvalue weighted by atomic mass is 9.94. The maximum absolute atomic E-state index is 11.6. The van der Waals surface area contributed by atoms with Crippen molar-refractivity contribution in [3.8, 4) is 5.75 Å². The van der Waals surface area contributed by atoms with Crippen molar-refractivity contribution < 1.29 is 13.2 Å². The first kappa shape index (κ1) is 13.4. The predicted octanol–water partition coefficient (Wildman–Crippen LogP) is 1.74. The van der Waals surface area contributed by atoms with E-state index in [9.17, 15) is 8.42 Å². The van der Waals surface area contributed by atoms with Gasteiger partial charge in [0.25, 0.3) is 0 Å².